The number of carboxylic acid groups (broad SMARTS) is 3. The fraction of sp³-hybridized carbons (Fsp3) is 0.182. The summed E-state index contributed by atoms with van der Waals surface area (Å²) in [5, 5.41) is 33.6. The monoisotopic (exact) mass is 1950 g/mol. The van der Waals surface area contributed by atoms with E-state index in [0.717, 1.165) is 66.1 Å². The molecule has 0 spiro atoms. The van der Waals surface area contributed by atoms with Gasteiger partial charge in [-0.1, -0.05) is 141 Å². The molecular formula is C66H75N3O37S14-8. The van der Waals surface area contributed by atoms with Crippen molar-refractivity contribution >= 4 is 180 Å². The molecule has 668 valence electrons. The zero-order valence-electron chi connectivity index (χ0n) is 62.2. The summed E-state index contributed by atoms with van der Waals surface area (Å²) in [4.78, 5) is 29.0. The molecule has 0 fully saturated rings. The molecule has 0 aliphatic heterocycles. The number of sulfone groups is 3. The molecule has 0 aromatic heterocycles. The van der Waals surface area contributed by atoms with Crippen molar-refractivity contribution in [2.45, 2.75) is 74.3 Å². The van der Waals surface area contributed by atoms with Gasteiger partial charge in [0.2, 0.25) is 0 Å². The quantitative estimate of drug-likeness (QED) is 0.0509. The van der Waals surface area contributed by atoms with Gasteiger partial charge in [0.05, 0.1) is 78.3 Å². The first kappa shape index (κ1) is 117. The summed E-state index contributed by atoms with van der Waals surface area (Å²) >= 11 is 13.9. The molecule has 0 amide bonds. The largest absolute Gasteiger partial charge is 0.748 e. The molecular weight excluding hydrogens is 1880 g/mol. The van der Waals surface area contributed by atoms with E-state index in [9.17, 15) is 130 Å². The Kier molecular flexibility index (Phi) is 49.8. The molecule has 8 aromatic carbocycles. The lowest BCUT2D eigenvalue weighted by Crippen LogP contribution is -2.14. The fourth-order valence-corrected chi connectivity index (χ4v) is 12.5. The van der Waals surface area contributed by atoms with Crippen LogP contribution < -0.4 is 17.2 Å². The smallest absolute Gasteiger partial charge is 0.337 e. The van der Waals surface area contributed by atoms with E-state index >= 15 is 0 Å². The number of carbonyl (C=O) groups is 3. The number of nitrogens with two attached hydrogens (primary N) is 3. The lowest BCUT2D eigenvalue weighted by molar-refractivity contribution is 0.0683. The average molecular weight is 1950 g/mol. The van der Waals surface area contributed by atoms with Crippen molar-refractivity contribution < 1.29 is 164 Å². The van der Waals surface area contributed by atoms with Crippen LogP contribution >= 0.6 is 36.7 Å². The van der Waals surface area contributed by atoms with Gasteiger partial charge >= 0.3 is 17.9 Å². The normalized spacial score (nSPS) is 11.2. The van der Waals surface area contributed by atoms with E-state index in [2.05, 4.69) is 36.7 Å². The summed E-state index contributed by atoms with van der Waals surface area (Å²) in [6, 6.07) is 40.4. The Balaban J connectivity index is -0.000000622. The standard InChI is InChI=1S/C8H8O4S.C8H10O3S.3C7H7NO3S2.2C7H6O5S.C7H8O3S.C3H8O3S.C3H8O2S.CH4O3S.CH4/c1-13(11,12)7-5-3-2-4-6(7)8(9)10;1-6-3-4-7(2)8(5-6)12(9,10)11;8-7(12)5-1-3-6(4-2-5)13(9,10)11;8-7(12)5-2-1-3-6(4-5)13(9,10)11;8-7(12)5-3-1-2-4-6(5)13(9,10)11;8-7(9)5-1-3-6(4-2-5)13(10,11)12;8-7(9)5-2-1-3-6(4-5)13(10,11)12;1-6-2-4-7(5-3-6)11(8,9)10;1-7(5,6)3-2-4;1-3-6(2,4)5;1-5(2,3)4;/h2-5H,1H3,(H,9,10);3-5H,1-2H3,(H,9,10,11);3*1-4H,(H2,8,12)(H,9,10,11);2*1-4H,(H,8,9)(H,10,11,12);2-5H,1H3,(H,8,9,10);4H,2-3H2,1H3;3H2,1-2H3;1H3,(H,2,3,4);1H4/p-8. The van der Waals surface area contributed by atoms with Gasteiger partial charge in [-0.15, -0.1) is 0 Å². The Morgan fingerprint density at radius 1 is 0.333 bits per heavy atom. The number of aliphatic hydroxyl groups is 1. The molecule has 40 nitrogen and oxygen atoms in total. The zero-order chi connectivity index (χ0) is 93.8. The molecule has 0 radical (unpaired) electrons. The van der Waals surface area contributed by atoms with Gasteiger partial charge < -0.3 is 74.0 Å². The van der Waals surface area contributed by atoms with Crippen LogP contribution in [0.4, 0.5) is 0 Å². The lowest BCUT2D eigenvalue weighted by Gasteiger charge is -2.10. The molecule has 8 rings (SSSR count). The SMILES string of the molecule is C.CCS(C)(=O)=O.CS(=O)(=O)CCO.CS(=O)(=O)[O-].CS(=O)(=O)c1ccccc1C(=O)O.Cc1ccc(C)c(S(=O)(=O)[O-])c1.Cc1ccc(S(=O)(=O)[O-])cc1.NC(=S)c1ccc(S(=O)(=O)[O-])cc1.NC(=S)c1cccc(S(=O)(=O)[O-])c1.NC(=S)c1ccccc1S(=O)(=O)[O-].O=C(O)c1ccc(S(=O)(=O)[O-])cc1.O=C(O)c1cccc(S(=O)(=O)[O-])c1. The molecule has 120 heavy (non-hydrogen) atoms. The molecule has 0 atom stereocenters. The van der Waals surface area contributed by atoms with E-state index in [-0.39, 0.29) is 92.1 Å². The molecule has 0 aliphatic rings. The molecule has 0 saturated heterocycles. The number of carboxylic acids is 3. The minimum Gasteiger partial charge on any atom is -0.748 e. The van der Waals surface area contributed by atoms with Crippen molar-refractivity contribution in [2.24, 2.45) is 17.2 Å². The summed E-state index contributed by atoms with van der Waals surface area (Å²) in [5.74, 6) is -3.57. The second kappa shape index (κ2) is 51.0. The minimum atomic E-state index is -4.57. The van der Waals surface area contributed by atoms with Gasteiger partial charge in [0.1, 0.15) is 105 Å². The van der Waals surface area contributed by atoms with E-state index in [4.69, 9.17) is 50.6 Å². The second-order valence-corrected chi connectivity index (χ2v) is 41.4. The highest BCUT2D eigenvalue weighted by atomic mass is 32.3. The number of aliphatic hydroxyl groups excluding tert-OH is 1. The van der Waals surface area contributed by atoms with Gasteiger partial charge in [-0.25, -0.2) is 107 Å². The van der Waals surface area contributed by atoms with Crippen LogP contribution in [0.3, 0.4) is 0 Å². The minimum absolute atomic E-state index is 0. The maximum Gasteiger partial charge on any atom is 0.337 e. The van der Waals surface area contributed by atoms with Crippen LogP contribution in [0.1, 0.15) is 78.8 Å². The summed E-state index contributed by atoms with van der Waals surface area (Å²) in [7, 11) is -43.9. The maximum absolute atomic E-state index is 11.1. The third-order valence-electron chi connectivity index (χ3n) is 12.4. The van der Waals surface area contributed by atoms with Gasteiger partial charge in [-0.2, -0.15) is 0 Å². The predicted octanol–water partition coefficient (Wildman–Crippen LogP) is 3.02. The Morgan fingerprint density at radius 3 is 0.900 bits per heavy atom. The number of benzene rings is 8. The number of aromatic carboxylic acids is 3. The van der Waals surface area contributed by atoms with Crippen molar-refractivity contribution in [1.82, 2.24) is 0 Å². The van der Waals surface area contributed by atoms with Crippen LogP contribution in [0.2, 0.25) is 0 Å². The van der Waals surface area contributed by atoms with Crippen molar-refractivity contribution in [3.05, 3.63) is 238 Å². The number of rotatable bonds is 17. The highest BCUT2D eigenvalue weighted by Crippen LogP contribution is 2.19. The Hall–Kier alpha value is -9.07. The topological polar surface area (TPSA) is 770 Å². The number of hydrogen-bond donors (Lipinski definition) is 7. The van der Waals surface area contributed by atoms with Gasteiger partial charge in [0.15, 0.2) is 9.84 Å². The Labute approximate surface area is 710 Å². The Morgan fingerprint density at radius 2 is 0.642 bits per heavy atom. The van der Waals surface area contributed by atoms with Gasteiger partial charge in [-0.05, 0) is 135 Å². The van der Waals surface area contributed by atoms with Crippen molar-refractivity contribution in [1.29, 1.82) is 0 Å². The average Bonchev–Trinajstić information content (AvgIpc) is 0.840. The van der Waals surface area contributed by atoms with Crippen LogP contribution in [0.15, 0.2) is 227 Å². The van der Waals surface area contributed by atoms with E-state index in [1.165, 1.54) is 122 Å². The molecule has 0 heterocycles. The van der Waals surface area contributed by atoms with Gasteiger partial charge in [0.25, 0.3) is 0 Å². The third kappa shape index (κ3) is 52.9. The predicted molar refractivity (Wildman–Crippen MR) is 438 cm³/mol. The molecule has 54 heteroatoms. The van der Waals surface area contributed by atoms with Crippen LogP contribution in [-0.2, 0) is 110 Å². The van der Waals surface area contributed by atoms with Crippen LogP contribution in [0.25, 0.3) is 0 Å². The summed E-state index contributed by atoms with van der Waals surface area (Å²) in [6.07, 6.45) is 3.89. The summed E-state index contributed by atoms with van der Waals surface area (Å²) in [5.41, 5.74) is 18.5. The Bertz CT molecular complexity index is 5960. The van der Waals surface area contributed by atoms with E-state index in [1.54, 1.807) is 51.1 Å². The second-order valence-electron chi connectivity index (χ2n) is 22.4. The van der Waals surface area contributed by atoms with Crippen molar-refractivity contribution in [3.8, 4) is 0 Å². The van der Waals surface area contributed by atoms with E-state index in [1.807, 2.05) is 6.92 Å². The van der Waals surface area contributed by atoms with Gasteiger partial charge in [0, 0.05) is 47.5 Å². The highest BCUT2D eigenvalue weighted by Gasteiger charge is 2.17. The fourth-order valence-electron chi connectivity index (χ4n) is 6.84. The molecule has 0 aliphatic carbocycles. The third-order valence-corrected chi connectivity index (χ3v) is 22.3. The van der Waals surface area contributed by atoms with Gasteiger partial charge in [-0.3, -0.25) is 0 Å². The lowest BCUT2D eigenvalue weighted by atomic mass is 10.2. The summed E-state index contributed by atoms with van der Waals surface area (Å²) < 4.78 is 311. The molecule has 0 saturated carbocycles. The maximum atomic E-state index is 11.1. The first-order chi connectivity index (χ1) is 53.5. The van der Waals surface area contributed by atoms with E-state index < -0.39 is 138 Å². The number of aryl methyl sites for hydroxylation is 3. The summed E-state index contributed by atoms with van der Waals surface area (Å²) in [6.45, 7) is 6.51. The first-order valence-electron chi connectivity index (χ1n) is 30.6. The van der Waals surface area contributed by atoms with E-state index in [0.29, 0.717) is 22.9 Å². The number of thiocarbonyl (C=S) groups is 3. The molecule has 8 aromatic rings. The highest BCUT2D eigenvalue weighted by molar-refractivity contribution is 7.91. The molecule has 0 bridgehead atoms. The van der Waals surface area contributed by atoms with Crippen LogP contribution in [-0.4, -0.2) is 225 Å². The first-order valence-corrected chi connectivity index (χ1v) is 49.5. The molecule has 10 N–H and O–H groups in total. The number of hydrogen-bond acceptors (Lipinski definition) is 37. The molecule has 0 unspecified atom stereocenters. The van der Waals surface area contributed by atoms with Crippen molar-refractivity contribution in [3.63, 3.8) is 0 Å². The zero-order valence-corrected chi connectivity index (χ0v) is 73.7. The van der Waals surface area contributed by atoms with Crippen LogP contribution in [0, 0.1) is 20.8 Å². The van der Waals surface area contributed by atoms with Crippen LogP contribution in [0.5, 0.6) is 0 Å². The van der Waals surface area contributed by atoms with Crippen molar-refractivity contribution in [2.75, 3.05) is 43.1 Å².